The minimum Gasteiger partial charge on any atom is -0.496 e. The number of carboxylic acids is 1. The van der Waals surface area contributed by atoms with E-state index < -0.39 is 11.8 Å². The monoisotopic (exact) mass is 286 g/mol. The predicted octanol–water partition coefficient (Wildman–Crippen LogP) is 3.76. The Balaban J connectivity index is 2.53. The van der Waals surface area contributed by atoms with Gasteiger partial charge in [0.15, 0.2) is 0 Å². The molecule has 0 radical (unpaired) electrons. The van der Waals surface area contributed by atoms with Crippen LogP contribution in [-0.2, 0) is 4.79 Å². The molecule has 0 aromatic heterocycles. The number of aliphatic carboxylic acids is 1. The van der Waals surface area contributed by atoms with Gasteiger partial charge in [0.2, 0.25) is 0 Å². The van der Waals surface area contributed by atoms with Crippen molar-refractivity contribution in [1.82, 2.24) is 0 Å². The van der Waals surface area contributed by atoms with Crippen LogP contribution in [0.15, 0.2) is 6.07 Å². The molecule has 1 saturated carbocycles. The fraction of sp³-hybridized carbons (Fsp3) is 0.500. The van der Waals surface area contributed by atoms with E-state index in [1.54, 1.807) is 6.92 Å². The Bertz CT molecular complexity index is 512. The molecule has 1 fully saturated rings. The predicted molar refractivity (Wildman–Crippen MR) is 70.4 cm³/mol. The van der Waals surface area contributed by atoms with Gasteiger partial charge in [-0.15, -0.1) is 0 Å². The van der Waals surface area contributed by atoms with Crippen LogP contribution in [0.5, 0.6) is 5.75 Å². The van der Waals surface area contributed by atoms with Crippen molar-refractivity contribution in [1.29, 1.82) is 0 Å². The van der Waals surface area contributed by atoms with Crippen LogP contribution >= 0.6 is 11.6 Å². The molecule has 0 aliphatic heterocycles. The van der Waals surface area contributed by atoms with Crippen LogP contribution in [0.1, 0.15) is 36.3 Å². The summed E-state index contributed by atoms with van der Waals surface area (Å²) in [6.45, 7) is 1.73. The number of halogens is 2. The van der Waals surface area contributed by atoms with Crippen LogP contribution in [-0.4, -0.2) is 18.2 Å². The smallest absolute Gasteiger partial charge is 0.303 e. The number of carboxylic acid groups (broad SMARTS) is 1. The zero-order chi connectivity index (χ0) is 14.2. The van der Waals surface area contributed by atoms with Gasteiger partial charge in [-0.3, -0.25) is 4.79 Å². The first-order valence-corrected chi connectivity index (χ1v) is 6.57. The summed E-state index contributed by atoms with van der Waals surface area (Å²) in [7, 11) is 1.49. The first-order chi connectivity index (χ1) is 8.95. The lowest BCUT2D eigenvalue weighted by atomic mass is 9.89. The summed E-state index contributed by atoms with van der Waals surface area (Å²) < 4.78 is 19.1. The van der Waals surface area contributed by atoms with Crippen molar-refractivity contribution in [3.05, 3.63) is 28.0 Å². The minimum absolute atomic E-state index is 0.0133. The zero-order valence-electron chi connectivity index (χ0n) is 10.9. The lowest BCUT2D eigenvalue weighted by molar-refractivity contribution is -0.137. The number of rotatable bonds is 5. The molecule has 0 heterocycles. The third-order valence-electron chi connectivity index (χ3n) is 3.55. The van der Waals surface area contributed by atoms with E-state index in [4.69, 9.17) is 21.4 Å². The third kappa shape index (κ3) is 2.84. The summed E-state index contributed by atoms with van der Waals surface area (Å²) >= 11 is 6.05. The minimum atomic E-state index is -0.906. The van der Waals surface area contributed by atoms with Crippen molar-refractivity contribution in [2.75, 3.05) is 7.11 Å². The normalized spacial score (nSPS) is 16.2. The number of methoxy groups -OCH3 is 1. The molecule has 2 rings (SSSR count). The number of hydrogen-bond acceptors (Lipinski definition) is 2. The second kappa shape index (κ2) is 5.37. The summed E-state index contributed by atoms with van der Waals surface area (Å²) in [5, 5.41) is 9.02. The highest BCUT2D eigenvalue weighted by molar-refractivity contribution is 6.31. The van der Waals surface area contributed by atoms with Gasteiger partial charge >= 0.3 is 5.97 Å². The highest BCUT2D eigenvalue weighted by Crippen LogP contribution is 2.50. The van der Waals surface area contributed by atoms with E-state index in [1.807, 2.05) is 0 Å². The molecule has 1 N–H and O–H groups in total. The van der Waals surface area contributed by atoms with Crippen LogP contribution in [0.25, 0.3) is 0 Å². The Morgan fingerprint density at radius 3 is 2.74 bits per heavy atom. The standard InChI is InChI=1S/C14H16ClFO3/c1-7-5-10(16)13(15)12(14(7)19-2)9(6-11(17)18)8-3-4-8/h5,8-9H,3-4,6H2,1-2H3,(H,17,18). The fourth-order valence-electron chi connectivity index (χ4n) is 2.55. The summed E-state index contributed by atoms with van der Waals surface area (Å²) in [6.07, 6.45) is 1.85. The van der Waals surface area contributed by atoms with Crippen molar-refractivity contribution in [2.24, 2.45) is 5.92 Å². The Hall–Kier alpha value is -1.29. The molecule has 3 nitrogen and oxygen atoms in total. The fourth-order valence-corrected chi connectivity index (χ4v) is 2.83. The van der Waals surface area contributed by atoms with Gasteiger partial charge < -0.3 is 9.84 Å². The Morgan fingerprint density at radius 1 is 1.63 bits per heavy atom. The molecular weight excluding hydrogens is 271 g/mol. The van der Waals surface area contributed by atoms with E-state index in [1.165, 1.54) is 13.2 Å². The van der Waals surface area contributed by atoms with Gasteiger partial charge in [0.05, 0.1) is 18.6 Å². The zero-order valence-corrected chi connectivity index (χ0v) is 11.6. The number of ether oxygens (including phenoxy) is 1. The van der Waals surface area contributed by atoms with Gasteiger partial charge in [0.25, 0.3) is 0 Å². The number of aryl methyl sites for hydroxylation is 1. The second-order valence-corrected chi connectivity index (χ2v) is 5.36. The van der Waals surface area contributed by atoms with E-state index >= 15 is 0 Å². The summed E-state index contributed by atoms with van der Waals surface area (Å²) in [4.78, 5) is 11.0. The van der Waals surface area contributed by atoms with Crippen LogP contribution in [0.3, 0.4) is 0 Å². The first kappa shape index (κ1) is 14.1. The van der Waals surface area contributed by atoms with Crippen molar-refractivity contribution >= 4 is 17.6 Å². The van der Waals surface area contributed by atoms with E-state index in [-0.39, 0.29) is 23.3 Å². The highest BCUT2D eigenvalue weighted by Gasteiger charge is 2.37. The Kier molecular flexibility index (Phi) is 3.99. The van der Waals surface area contributed by atoms with Crippen molar-refractivity contribution < 1.29 is 19.0 Å². The van der Waals surface area contributed by atoms with Crippen molar-refractivity contribution in [2.45, 2.75) is 32.1 Å². The maximum absolute atomic E-state index is 13.8. The first-order valence-electron chi connectivity index (χ1n) is 6.20. The van der Waals surface area contributed by atoms with Crippen LogP contribution in [0.4, 0.5) is 4.39 Å². The lowest BCUT2D eigenvalue weighted by Crippen LogP contribution is -2.12. The molecular formula is C14H16ClFO3. The van der Waals surface area contributed by atoms with Crippen LogP contribution in [0, 0.1) is 18.7 Å². The molecule has 1 unspecified atom stereocenters. The molecule has 1 aromatic carbocycles. The highest BCUT2D eigenvalue weighted by atomic mass is 35.5. The molecule has 0 amide bonds. The summed E-state index contributed by atoms with van der Waals surface area (Å²) in [5.41, 5.74) is 1.14. The van der Waals surface area contributed by atoms with E-state index in [0.29, 0.717) is 16.9 Å². The molecule has 1 aromatic rings. The Morgan fingerprint density at radius 2 is 2.26 bits per heavy atom. The van der Waals surface area contributed by atoms with E-state index in [2.05, 4.69) is 0 Å². The molecule has 1 aliphatic rings. The van der Waals surface area contributed by atoms with Crippen molar-refractivity contribution in [3.8, 4) is 5.75 Å². The van der Waals surface area contributed by atoms with Gasteiger partial charge in [0, 0.05) is 11.5 Å². The van der Waals surface area contributed by atoms with Gasteiger partial charge in [-0.2, -0.15) is 0 Å². The molecule has 0 bridgehead atoms. The SMILES string of the molecule is COc1c(C)cc(F)c(Cl)c1C(CC(=O)O)C1CC1. The van der Waals surface area contributed by atoms with Crippen molar-refractivity contribution in [3.63, 3.8) is 0 Å². The van der Waals surface area contributed by atoms with Crippen LogP contribution in [0.2, 0.25) is 5.02 Å². The average molecular weight is 287 g/mol. The van der Waals surface area contributed by atoms with Gasteiger partial charge in [-0.05, 0) is 37.3 Å². The molecule has 0 saturated heterocycles. The van der Waals surface area contributed by atoms with Crippen LogP contribution < -0.4 is 4.74 Å². The maximum Gasteiger partial charge on any atom is 0.303 e. The molecule has 1 atom stereocenters. The number of hydrogen-bond donors (Lipinski definition) is 1. The number of carbonyl (C=O) groups is 1. The maximum atomic E-state index is 13.8. The second-order valence-electron chi connectivity index (χ2n) is 4.98. The van der Waals surface area contributed by atoms with Gasteiger partial charge in [-0.1, -0.05) is 11.6 Å². The quantitative estimate of drug-likeness (QED) is 0.896. The molecule has 19 heavy (non-hydrogen) atoms. The summed E-state index contributed by atoms with van der Waals surface area (Å²) in [6, 6.07) is 1.31. The Labute approximate surface area is 116 Å². The molecule has 5 heteroatoms. The average Bonchev–Trinajstić information content (AvgIpc) is 3.14. The third-order valence-corrected chi connectivity index (χ3v) is 3.94. The lowest BCUT2D eigenvalue weighted by Gasteiger charge is -2.21. The molecule has 0 spiro atoms. The molecule has 104 valence electrons. The van der Waals surface area contributed by atoms with E-state index in [0.717, 1.165) is 12.8 Å². The largest absolute Gasteiger partial charge is 0.496 e. The molecule has 1 aliphatic carbocycles. The summed E-state index contributed by atoms with van der Waals surface area (Å²) in [5.74, 6) is -0.953. The van der Waals surface area contributed by atoms with Gasteiger partial charge in [0.1, 0.15) is 11.6 Å². The van der Waals surface area contributed by atoms with Gasteiger partial charge in [-0.25, -0.2) is 4.39 Å². The number of benzene rings is 1. The van der Waals surface area contributed by atoms with E-state index in [9.17, 15) is 9.18 Å². The topological polar surface area (TPSA) is 46.5 Å².